The van der Waals surface area contributed by atoms with Gasteiger partial charge < -0.3 is 10.1 Å². The van der Waals surface area contributed by atoms with E-state index in [0.717, 1.165) is 29.9 Å². The molecule has 2 aromatic heterocycles. The number of aromatic nitrogens is 3. The molecule has 0 aliphatic heterocycles. The summed E-state index contributed by atoms with van der Waals surface area (Å²) in [6.45, 7) is 2.13. The Morgan fingerprint density at radius 1 is 1.30 bits per heavy atom. The molecule has 1 aliphatic carbocycles. The molecule has 0 radical (unpaired) electrons. The lowest BCUT2D eigenvalue weighted by molar-refractivity contribution is 0.0519. The molecule has 1 fully saturated rings. The Morgan fingerprint density at radius 2 is 2.04 bits per heavy atom. The zero-order chi connectivity index (χ0) is 18.8. The number of imidazole rings is 1. The second kappa shape index (κ2) is 7.64. The average Bonchev–Trinajstić information content (AvgIpc) is 3.23. The summed E-state index contributed by atoms with van der Waals surface area (Å²) in [4.78, 5) is 16.8. The van der Waals surface area contributed by atoms with Gasteiger partial charge in [0.15, 0.2) is 11.5 Å². The average molecular weight is 387 g/mol. The van der Waals surface area contributed by atoms with E-state index in [-0.39, 0.29) is 5.97 Å². The summed E-state index contributed by atoms with van der Waals surface area (Å²) < 4.78 is 6.94. The Kier molecular flexibility index (Phi) is 5.07. The molecule has 0 amide bonds. The van der Waals surface area contributed by atoms with E-state index >= 15 is 0 Å². The van der Waals surface area contributed by atoms with Crippen LogP contribution in [-0.4, -0.2) is 33.2 Å². The van der Waals surface area contributed by atoms with Gasteiger partial charge in [-0.05, 0) is 31.9 Å². The zero-order valence-corrected chi connectivity index (χ0v) is 16.1. The van der Waals surface area contributed by atoms with Gasteiger partial charge in [0, 0.05) is 22.7 Å². The normalized spacial score (nSPS) is 15.2. The van der Waals surface area contributed by atoms with Crippen LogP contribution in [-0.2, 0) is 4.74 Å². The van der Waals surface area contributed by atoms with Crippen LogP contribution in [0.4, 0.5) is 5.82 Å². The van der Waals surface area contributed by atoms with E-state index in [0.29, 0.717) is 29.0 Å². The predicted molar refractivity (Wildman–Crippen MR) is 106 cm³/mol. The Hall–Kier alpha value is -2.47. The quantitative estimate of drug-likeness (QED) is 0.611. The zero-order valence-electron chi connectivity index (χ0n) is 15.3. The van der Waals surface area contributed by atoms with E-state index in [4.69, 9.17) is 21.3 Å². The van der Waals surface area contributed by atoms with Gasteiger partial charge in [-0.2, -0.15) is 0 Å². The van der Waals surface area contributed by atoms with E-state index in [1.807, 2.05) is 28.8 Å². The van der Waals surface area contributed by atoms with Crippen LogP contribution in [0.1, 0.15) is 49.5 Å². The standard InChI is InChI=1S/C20H23ClN4O2/c1-2-27-20(26)16-12-17-23-18(13-8-10-14(21)11-9-13)19(25(17)24-16)22-15-6-4-3-5-7-15/h8-12,15,22,24H,2-7H2,1H3. The minimum Gasteiger partial charge on any atom is -0.461 e. The number of benzene rings is 1. The SMILES string of the molecule is CCOC(=O)c1cc2nc(-c3ccc(Cl)cc3)c(NC3CCCCC3)n2[nH]1. The highest BCUT2D eigenvalue weighted by atomic mass is 35.5. The van der Waals surface area contributed by atoms with Gasteiger partial charge in [0.2, 0.25) is 0 Å². The molecule has 2 heterocycles. The molecule has 142 valence electrons. The largest absolute Gasteiger partial charge is 0.461 e. The number of carbonyl (C=O) groups is 1. The van der Waals surface area contributed by atoms with Gasteiger partial charge in [0.25, 0.3) is 0 Å². The lowest BCUT2D eigenvalue weighted by Gasteiger charge is -2.23. The molecule has 2 N–H and O–H groups in total. The molecular formula is C20H23ClN4O2. The summed E-state index contributed by atoms with van der Waals surface area (Å²) in [6.07, 6.45) is 6.03. The van der Waals surface area contributed by atoms with Gasteiger partial charge in [-0.25, -0.2) is 14.3 Å². The van der Waals surface area contributed by atoms with Crippen molar-refractivity contribution in [2.75, 3.05) is 11.9 Å². The number of rotatable bonds is 5. The summed E-state index contributed by atoms with van der Waals surface area (Å²) >= 11 is 6.04. The third-order valence-corrected chi connectivity index (χ3v) is 5.22. The molecule has 1 aromatic carbocycles. The minimum atomic E-state index is -0.375. The van der Waals surface area contributed by atoms with Crippen LogP contribution in [0, 0.1) is 0 Å². The van der Waals surface area contributed by atoms with Gasteiger partial charge in [-0.1, -0.05) is 43.0 Å². The maximum atomic E-state index is 12.1. The van der Waals surface area contributed by atoms with Crippen molar-refractivity contribution in [2.45, 2.75) is 45.1 Å². The molecule has 6 nitrogen and oxygen atoms in total. The van der Waals surface area contributed by atoms with Gasteiger partial charge in [-0.15, -0.1) is 0 Å². The fourth-order valence-corrected chi connectivity index (χ4v) is 3.75. The molecule has 0 spiro atoms. The highest BCUT2D eigenvalue weighted by Gasteiger charge is 2.22. The number of H-pyrrole nitrogens is 1. The van der Waals surface area contributed by atoms with Crippen molar-refractivity contribution >= 4 is 29.0 Å². The van der Waals surface area contributed by atoms with Crippen molar-refractivity contribution in [2.24, 2.45) is 0 Å². The first-order valence-electron chi connectivity index (χ1n) is 9.46. The number of aromatic amines is 1. The maximum Gasteiger partial charge on any atom is 0.356 e. The molecule has 0 bridgehead atoms. The number of nitrogens with zero attached hydrogens (tertiary/aromatic N) is 2. The monoisotopic (exact) mass is 386 g/mol. The Bertz CT molecular complexity index is 939. The van der Waals surface area contributed by atoms with Crippen molar-refractivity contribution in [1.29, 1.82) is 0 Å². The Balaban J connectivity index is 1.76. The molecule has 0 atom stereocenters. The molecule has 0 saturated heterocycles. The summed E-state index contributed by atoms with van der Waals surface area (Å²) in [5.74, 6) is 0.495. The fourth-order valence-electron chi connectivity index (χ4n) is 3.63. The molecule has 7 heteroatoms. The van der Waals surface area contributed by atoms with Crippen molar-refractivity contribution in [3.05, 3.63) is 41.0 Å². The van der Waals surface area contributed by atoms with E-state index < -0.39 is 0 Å². The van der Waals surface area contributed by atoms with Gasteiger partial charge in [0.1, 0.15) is 11.4 Å². The lowest BCUT2D eigenvalue weighted by atomic mass is 9.95. The van der Waals surface area contributed by atoms with Crippen LogP contribution in [0.5, 0.6) is 0 Å². The third kappa shape index (κ3) is 3.67. The molecule has 3 aromatic rings. The fraction of sp³-hybridized carbons (Fsp3) is 0.400. The third-order valence-electron chi connectivity index (χ3n) is 4.97. The number of hydrogen-bond acceptors (Lipinski definition) is 4. The van der Waals surface area contributed by atoms with Crippen LogP contribution in [0.3, 0.4) is 0 Å². The number of fused-ring (bicyclic) bond motifs is 1. The van der Waals surface area contributed by atoms with E-state index in [1.165, 1.54) is 19.3 Å². The molecule has 1 saturated carbocycles. The van der Waals surface area contributed by atoms with Crippen LogP contribution >= 0.6 is 11.6 Å². The van der Waals surface area contributed by atoms with Gasteiger partial charge >= 0.3 is 5.97 Å². The molecule has 27 heavy (non-hydrogen) atoms. The van der Waals surface area contributed by atoms with E-state index in [1.54, 1.807) is 13.0 Å². The number of carbonyl (C=O) groups excluding carboxylic acids is 1. The number of nitrogens with one attached hydrogen (secondary N) is 2. The number of ether oxygens (including phenoxy) is 1. The van der Waals surface area contributed by atoms with E-state index in [9.17, 15) is 4.79 Å². The molecular weight excluding hydrogens is 364 g/mol. The minimum absolute atomic E-state index is 0.337. The van der Waals surface area contributed by atoms with Crippen molar-refractivity contribution < 1.29 is 9.53 Å². The number of esters is 1. The molecule has 4 rings (SSSR count). The number of hydrogen-bond donors (Lipinski definition) is 2. The number of halogens is 1. The first-order valence-corrected chi connectivity index (χ1v) is 9.84. The highest BCUT2D eigenvalue weighted by Crippen LogP contribution is 2.32. The Labute approximate surface area is 162 Å². The summed E-state index contributed by atoms with van der Waals surface area (Å²) in [5, 5.41) is 7.47. The first kappa shape index (κ1) is 17.9. The van der Waals surface area contributed by atoms with Crippen molar-refractivity contribution in [3.63, 3.8) is 0 Å². The van der Waals surface area contributed by atoms with Gasteiger partial charge in [-0.3, -0.25) is 5.10 Å². The van der Waals surface area contributed by atoms with E-state index in [2.05, 4.69) is 10.4 Å². The second-order valence-corrected chi connectivity index (χ2v) is 7.32. The maximum absolute atomic E-state index is 12.1. The lowest BCUT2D eigenvalue weighted by Crippen LogP contribution is -2.23. The first-order chi connectivity index (χ1) is 13.2. The second-order valence-electron chi connectivity index (χ2n) is 6.88. The Morgan fingerprint density at radius 3 is 2.74 bits per heavy atom. The summed E-state index contributed by atoms with van der Waals surface area (Å²) in [6, 6.07) is 9.77. The number of anilines is 1. The van der Waals surface area contributed by atoms with Crippen molar-refractivity contribution in [3.8, 4) is 11.3 Å². The van der Waals surface area contributed by atoms with Crippen LogP contribution in [0.2, 0.25) is 5.02 Å². The van der Waals surface area contributed by atoms with Crippen LogP contribution in [0.15, 0.2) is 30.3 Å². The molecule has 0 unspecified atom stereocenters. The predicted octanol–water partition coefficient (Wildman–Crippen LogP) is 4.90. The van der Waals surface area contributed by atoms with Crippen molar-refractivity contribution in [1.82, 2.24) is 14.6 Å². The van der Waals surface area contributed by atoms with Gasteiger partial charge in [0.05, 0.1) is 6.61 Å². The summed E-state index contributed by atoms with van der Waals surface area (Å²) in [7, 11) is 0. The van der Waals surface area contributed by atoms with Crippen LogP contribution in [0.25, 0.3) is 16.9 Å². The van der Waals surface area contributed by atoms with Crippen LogP contribution < -0.4 is 5.32 Å². The molecule has 1 aliphatic rings. The smallest absolute Gasteiger partial charge is 0.356 e. The highest BCUT2D eigenvalue weighted by molar-refractivity contribution is 6.30. The topological polar surface area (TPSA) is 71.4 Å². The summed E-state index contributed by atoms with van der Waals surface area (Å²) in [5.41, 5.74) is 2.90.